The highest BCUT2D eigenvalue weighted by Crippen LogP contribution is 2.37. The molecule has 0 aliphatic heterocycles. The predicted molar refractivity (Wildman–Crippen MR) is 82.3 cm³/mol. The minimum Gasteiger partial charge on any atom is -0.383 e. The zero-order valence-electron chi connectivity index (χ0n) is 12.7. The van der Waals surface area contributed by atoms with Gasteiger partial charge in [0.15, 0.2) is 0 Å². The van der Waals surface area contributed by atoms with E-state index in [9.17, 15) is 18.0 Å². The van der Waals surface area contributed by atoms with Crippen molar-refractivity contribution in [1.29, 1.82) is 0 Å². The Morgan fingerprint density at radius 3 is 2.52 bits per heavy atom. The van der Waals surface area contributed by atoms with Crippen molar-refractivity contribution in [3.8, 4) is 11.3 Å². The second-order valence-electron chi connectivity index (χ2n) is 5.29. The Morgan fingerprint density at radius 1 is 1.22 bits per heavy atom. The molecule has 1 aromatic carbocycles. The molecule has 5 nitrogen and oxygen atoms in total. The number of benzene rings is 1. The molecule has 0 bridgehead atoms. The predicted octanol–water partition coefficient (Wildman–Crippen LogP) is 2.43. The molecule has 0 saturated carbocycles. The number of nitrogens with zero attached hydrogens (tertiary/aromatic N) is 2. The van der Waals surface area contributed by atoms with Gasteiger partial charge in [0.25, 0.3) is 5.56 Å². The molecule has 1 heterocycles. The smallest absolute Gasteiger partial charge is 0.383 e. The summed E-state index contributed by atoms with van der Waals surface area (Å²) in [4.78, 5) is 12.9. The number of aromatic amines is 1. The molecule has 0 spiro atoms. The van der Waals surface area contributed by atoms with Gasteiger partial charge in [-0.25, -0.2) is 5.10 Å². The molecule has 2 aromatic rings. The second kappa shape index (κ2) is 6.82. The third-order valence-electron chi connectivity index (χ3n) is 3.17. The lowest BCUT2D eigenvalue weighted by Crippen LogP contribution is -2.22. The van der Waals surface area contributed by atoms with E-state index < -0.39 is 17.3 Å². The van der Waals surface area contributed by atoms with Crippen LogP contribution in [0.15, 0.2) is 35.1 Å². The first-order chi connectivity index (χ1) is 10.8. The Balaban J connectivity index is 2.34. The topological polar surface area (TPSA) is 61.0 Å². The summed E-state index contributed by atoms with van der Waals surface area (Å²) in [5.41, 5.74) is -0.595. The molecule has 0 aliphatic carbocycles. The number of alkyl halides is 3. The molecule has 2 rings (SSSR count). The van der Waals surface area contributed by atoms with E-state index in [1.165, 1.54) is 24.3 Å². The highest BCUT2D eigenvalue weighted by Gasteiger charge is 2.34. The summed E-state index contributed by atoms with van der Waals surface area (Å²) in [6.07, 6.45) is -4.49. The summed E-state index contributed by atoms with van der Waals surface area (Å²) >= 11 is 0. The molecule has 0 saturated heterocycles. The maximum absolute atomic E-state index is 13.3. The van der Waals surface area contributed by atoms with Crippen LogP contribution in [-0.4, -0.2) is 42.3 Å². The molecule has 124 valence electrons. The van der Waals surface area contributed by atoms with Crippen LogP contribution in [0.4, 0.5) is 18.9 Å². The van der Waals surface area contributed by atoms with Gasteiger partial charge in [-0.05, 0) is 32.3 Å². The number of hydrogen-bond acceptors (Lipinski definition) is 4. The van der Waals surface area contributed by atoms with Gasteiger partial charge in [-0.15, -0.1) is 0 Å². The summed E-state index contributed by atoms with van der Waals surface area (Å²) in [6, 6.07) is 6.54. The van der Waals surface area contributed by atoms with Crippen molar-refractivity contribution in [2.45, 2.75) is 6.18 Å². The van der Waals surface area contributed by atoms with Gasteiger partial charge < -0.3 is 10.2 Å². The van der Waals surface area contributed by atoms with Crippen LogP contribution in [0, 0.1) is 0 Å². The van der Waals surface area contributed by atoms with Crippen molar-refractivity contribution >= 4 is 5.69 Å². The molecule has 1 aromatic heterocycles. The van der Waals surface area contributed by atoms with Crippen LogP contribution in [0.3, 0.4) is 0 Å². The molecule has 0 radical (unpaired) electrons. The second-order valence-corrected chi connectivity index (χ2v) is 5.29. The lowest BCUT2D eigenvalue weighted by Gasteiger charge is -2.17. The van der Waals surface area contributed by atoms with Crippen molar-refractivity contribution < 1.29 is 13.2 Å². The first-order valence-corrected chi connectivity index (χ1v) is 6.93. The standard InChI is InChI=1S/C15H17F3N4O/c1-22(2)8-7-19-13-4-3-10(9-11(13)15(16,17)18)12-5-6-14(23)21-20-12/h3-6,9,19H,7-8H2,1-2H3,(H,21,23). The fourth-order valence-electron chi connectivity index (χ4n) is 2.01. The van der Waals surface area contributed by atoms with Crippen LogP contribution >= 0.6 is 0 Å². The molecule has 0 amide bonds. The Bertz CT molecular complexity index is 705. The highest BCUT2D eigenvalue weighted by atomic mass is 19.4. The molecule has 0 aliphatic rings. The largest absolute Gasteiger partial charge is 0.418 e. The quantitative estimate of drug-likeness (QED) is 0.886. The van der Waals surface area contributed by atoms with Crippen LogP contribution in [0.2, 0.25) is 0 Å². The fraction of sp³-hybridized carbons (Fsp3) is 0.333. The van der Waals surface area contributed by atoms with Crippen LogP contribution in [0.25, 0.3) is 11.3 Å². The number of H-pyrrole nitrogens is 1. The van der Waals surface area contributed by atoms with Gasteiger partial charge in [0, 0.05) is 30.4 Å². The van der Waals surface area contributed by atoms with Gasteiger partial charge in [0.05, 0.1) is 11.3 Å². The van der Waals surface area contributed by atoms with E-state index in [2.05, 4.69) is 15.5 Å². The van der Waals surface area contributed by atoms with Crippen molar-refractivity contribution in [2.24, 2.45) is 0 Å². The van der Waals surface area contributed by atoms with Gasteiger partial charge in [0.1, 0.15) is 0 Å². The Morgan fingerprint density at radius 2 is 1.96 bits per heavy atom. The zero-order chi connectivity index (χ0) is 17.0. The average Bonchev–Trinajstić information content (AvgIpc) is 2.47. The van der Waals surface area contributed by atoms with Gasteiger partial charge >= 0.3 is 6.18 Å². The van der Waals surface area contributed by atoms with Gasteiger partial charge in [-0.3, -0.25) is 4.79 Å². The van der Waals surface area contributed by atoms with Crippen molar-refractivity contribution in [2.75, 3.05) is 32.5 Å². The molecule has 23 heavy (non-hydrogen) atoms. The highest BCUT2D eigenvalue weighted by molar-refractivity contribution is 5.66. The van der Waals surface area contributed by atoms with Crippen molar-refractivity contribution in [3.63, 3.8) is 0 Å². The number of likely N-dealkylation sites (N-methyl/N-ethyl adjacent to an activating group) is 1. The average molecular weight is 326 g/mol. The van der Waals surface area contributed by atoms with E-state index in [1.54, 1.807) is 0 Å². The first-order valence-electron chi connectivity index (χ1n) is 6.93. The van der Waals surface area contributed by atoms with E-state index in [1.807, 2.05) is 19.0 Å². The third-order valence-corrected chi connectivity index (χ3v) is 3.17. The minimum atomic E-state index is -4.49. The van der Waals surface area contributed by atoms with E-state index in [0.29, 0.717) is 13.1 Å². The number of aromatic nitrogens is 2. The summed E-state index contributed by atoms with van der Waals surface area (Å²) in [7, 11) is 3.69. The number of hydrogen-bond donors (Lipinski definition) is 2. The van der Waals surface area contributed by atoms with Gasteiger partial charge in [-0.1, -0.05) is 6.07 Å². The monoisotopic (exact) mass is 326 g/mol. The molecule has 8 heteroatoms. The Hall–Kier alpha value is -2.35. The molecule has 0 atom stereocenters. The molecular weight excluding hydrogens is 309 g/mol. The van der Waals surface area contributed by atoms with E-state index >= 15 is 0 Å². The number of anilines is 1. The van der Waals surface area contributed by atoms with Crippen molar-refractivity contribution in [1.82, 2.24) is 15.1 Å². The van der Waals surface area contributed by atoms with Gasteiger partial charge in [-0.2, -0.15) is 18.3 Å². The molecule has 0 fully saturated rings. The SMILES string of the molecule is CN(C)CCNc1ccc(-c2ccc(=O)[nH]n2)cc1C(F)(F)F. The number of rotatable bonds is 5. The Labute approximate surface area is 131 Å². The van der Waals surface area contributed by atoms with E-state index in [-0.39, 0.29) is 16.9 Å². The minimum absolute atomic E-state index is 0.0209. The number of halogens is 3. The molecule has 0 unspecified atom stereocenters. The maximum atomic E-state index is 13.3. The molecule has 2 N–H and O–H groups in total. The molecular formula is C15H17F3N4O. The maximum Gasteiger partial charge on any atom is 0.418 e. The van der Waals surface area contributed by atoms with Gasteiger partial charge in [0.2, 0.25) is 0 Å². The summed E-state index contributed by atoms with van der Waals surface area (Å²) < 4.78 is 39.8. The summed E-state index contributed by atoms with van der Waals surface area (Å²) in [6.45, 7) is 1.01. The van der Waals surface area contributed by atoms with Crippen molar-refractivity contribution in [3.05, 3.63) is 46.2 Å². The van der Waals surface area contributed by atoms with E-state index in [4.69, 9.17) is 0 Å². The van der Waals surface area contributed by atoms with Crippen LogP contribution in [0.5, 0.6) is 0 Å². The first kappa shape index (κ1) is 17.0. The fourth-order valence-corrected chi connectivity index (χ4v) is 2.01. The normalized spacial score (nSPS) is 11.7. The van der Waals surface area contributed by atoms with Crippen LogP contribution in [-0.2, 0) is 6.18 Å². The third kappa shape index (κ3) is 4.56. The summed E-state index contributed by atoms with van der Waals surface area (Å²) in [5.74, 6) is 0. The lowest BCUT2D eigenvalue weighted by molar-refractivity contribution is -0.136. The van der Waals surface area contributed by atoms with E-state index in [0.717, 1.165) is 6.07 Å². The summed E-state index contributed by atoms with van der Waals surface area (Å²) in [5, 5.41) is 8.76. The Kier molecular flexibility index (Phi) is 5.05. The van der Waals surface area contributed by atoms with Crippen LogP contribution in [0.1, 0.15) is 5.56 Å². The lowest BCUT2D eigenvalue weighted by atomic mass is 10.1. The van der Waals surface area contributed by atoms with Crippen LogP contribution < -0.4 is 10.9 Å². The zero-order valence-corrected chi connectivity index (χ0v) is 12.7. The number of nitrogens with one attached hydrogen (secondary N) is 2.